The molecule has 3 aliphatic heterocycles. The molecule has 254 valence electrons. The Balaban J connectivity index is 1.05. The molecule has 3 atom stereocenters. The summed E-state index contributed by atoms with van der Waals surface area (Å²) in [4.78, 5) is 43.5. The highest BCUT2D eigenvalue weighted by atomic mass is 16.3. The van der Waals surface area contributed by atoms with Crippen LogP contribution in [-0.4, -0.2) is 51.2 Å². The molecule has 9 nitrogen and oxygen atoms in total. The van der Waals surface area contributed by atoms with Crippen molar-refractivity contribution < 1.29 is 24.6 Å². The van der Waals surface area contributed by atoms with Crippen LogP contribution in [0.2, 0.25) is 0 Å². The van der Waals surface area contributed by atoms with Crippen molar-refractivity contribution in [2.45, 2.75) is 57.3 Å². The van der Waals surface area contributed by atoms with Crippen LogP contribution in [0.1, 0.15) is 54.0 Å². The normalized spacial score (nSPS) is 20.9. The van der Waals surface area contributed by atoms with Gasteiger partial charge in [0.25, 0.3) is 5.91 Å². The Kier molecular flexibility index (Phi) is 9.18. The Morgan fingerprint density at radius 1 is 0.920 bits per heavy atom. The van der Waals surface area contributed by atoms with E-state index in [1.165, 1.54) is 5.01 Å². The van der Waals surface area contributed by atoms with Gasteiger partial charge in [0.05, 0.1) is 36.3 Å². The molecular weight excluding hydrogens is 628 g/mol. The number of para-hydroxylation sites is 1. The number of anilines is 2. The minimum atomic E-state index is -1.82. The molecule has 0 radical (unpaired) electrons. The molecule has 0 spiro atoms. The van der Waals surface area contributed by atoms with Crippen molar-refractivity contribution >= 4 is 34.8 Å². The van der Waals surface area contributed by atoms with E-state index in [1.54, 1.807) is 41.0 Å². The van der Waals surface area contributed by atoms with Gasteiger partial charge < -0.3 is 20.0 Å². The summed E-state index contributed by atoms with van der Waals surface area (Å²) in [5.41, 5.74) is 4.84. The van der Waals surface area contributed by atoms with Gasteiger partial charge in [0.1, 0.15) is 0 Å². The van der Waals surface area contributed by atoms with Gasteiger partial charge in [0.2, 0.25) is 11.8 Å². The number of amides is 3. The molecule has 7 rings (SSSR count). The van der Waals surface area contributed by atoms with Crippen LogP contribution in [0.5, 0.6) is 0 Å². The van der Waals surface area contributed by atoms with E-state index in [9.17, 15) is 24.6 Å². The van der Waals surface area contributed by atoms with E-state index in [0.29, 0.717) is 42.7 Å². The topological polar surface area (TPSA) is 114 Å². The van der Waals surface area contributed by atoms with E-state index in [-0.39, 0.29) is 37.4 Å². The number of rotatable bonds is 9. The fourth-order valence-electron chi connectivity index (χ4n) is 7.25. The zero-order valence-electron chi connectivity index (χ0n) is 28.0. The van der Waals surface area contributed by atoms with Gasteiger partial charge in [-0.15, -0.1) is 0 Å². The predicted molar refractivity (Wildman–Crippen MR) is 192 cm³/mol. The Labute approximate surface area is 291 Å². The summed E-state index contributed by atoms with van der Waals surface area (Å²) in [6.07, 6.45) is 5.08. The van der Waals surface area contributed by atoms with Crippen molar-refractivity contribution in [2.75, 3.05) is 16.5 Å². The highest BCUT2D eigenvalue weighted by Crippen LogP contribution is 2.45. The molecule has 4 aromatic rings. The molecule has 0 aromatic heterocycles. The molecule has 0 aliphatic carbocycles. The highest BCUT2D eigenvalue weighted by molar-refractivity contribution is 6.09. The number of nitrogens with zero attached hydrogens (tertiary/aromatic N) is 4. The van der Waals surface area contributed by atoms with E-state index < -0.39 is 17.4 Å². The van der Waals surface area contributed by atoms with Gasteiger partial charge in [0, 0.05) is 37.3 Å². The molecule has 0 bridgehead atoms. The standard InChI is InChI=1S/C41H40N4O5/c1-28(10-9-17-38(47)43-26-32-14-6-5-13-31(32)24-34(43)27-46)41(50)35-15-7-8-16-37(35)44(40(41)49)25-29-18-20-33(21-19-29)45-39(48)23-22-36(42-45)30-11-3-2-4-12-30/h2-16,18-21,28,34,46,50H,17,22-27H2,1H3/b10-9+/t28-,34-,41+/m0/s1. The summed E-state index contributed by atoms with van der Waals surface area (Å²) in [7, 11) is 0. The number of aliphatic hydroxyl groups excluding tert-OH is 1. The molecule has 3 heterocycles. The Morgan fingerprint density at radius 2 is 1.62 bits per heavy atom. The number of hydrazone groups is 1. The second-order valence-electron chi connectivity index (χ2n) is 13.2. The number of carbonyl (C=O) groups is 3. The first-order chi connectivity index (χ1) is 24.3. The highest BCUT2D eigenvalue weighted by Gasteiger charge is 2.52. The average molecular weight is 669 g/mol. The van der Waals surface area contributed by atoms with Crippen LogP contribution in [0.3, 0.4) is 0 Å². The first-order valence-corrected chi connectivity index (χ1v) is 17.1. The summed E-state index contributed by atoms with van der Waals surface area (Å²) >= 11 is 0. The van der Waals surface area contributed by atoms with Gasteiger partial charge in [-0.25, -0.2) is 5.01 Å². The maximum atomic E-state index is 14.1. The number of aliphatic hydroxyl groups is 2. The van der Waals surface area contributed by atoms with Crippen molar-refractivity contribution in [3.8, 4) is 0 Å². The Morgan fingerprint density at radius 3 is 2.38 bits per heavy atom. The minimum absolute atomic E-state index is 0.0793. The fourth-order valence-corrected chi connectivity index (χ4v) is 7.25. The van der Waals surface area contributed by atoms with Crippen LogP contribution < -0.4 is 9.91 Å². The first kappa shape index (κ1) is 33.1. The van der Waals surface area contributed by atoms with Crippen LogP contribution in [0, 0.1) is 5.92 Å². The van der Waals surface area contributed by atoms with E-state index in [1.807, 2.05) is 91.0 Å². The quantitative estimate of drug-likeness (QED) is 0.230. The smallest absolute Gasteiger partial charge is 0.264 e. The summed E-state index contributed by atoms with van der Waals surface area (Å²) in [6, 6.07) is 32.1. The average Bonchev–Trinajstić information content (AvgIpc) is 3.37. The second-order valence-corrected chi connectivity index (χ2v) is 13.2. The van der Waals surface area contributed by atoms with Gasteiger partial charge in [-0.1, -0.05) is 104 Å². The molecule has 0 saturated heterocycles. The minimum Gasteiger partial charge on any atom is -0.394 e. The zero-order chi connectivity index (χ0) is 34.8. The van der Waals surface area contributed by atoms with Crippen LogP contribution >= 0.6 is 0 Å². The molecular formula is C41H40N4O5. The predicted octanol–water partition coefficient (Wildman–Crippen LogP) is 5.48. The molecule has 50 heavy (non-hydrogen) atoms. The molecule has 0 saturated carbocycles. The molecule has 0 fully saturated rings. The van der Waals surface area contributed by atoms with Gasteiger partial charge in [-0.05, 0) is 46.9 Å². The fraction of sp³-hybridized carbons (Fsp3) is 0.268. The molecule has 3 aliphatic rings. The number of hydrogen-bond acceptors (Lipinski definition) is 6. The molecule has 0 unspecified atom stereocenters. The van der Waals surface area contributed by atoms with Crippen molar-refractivity contribution in [3.63, 3.8) is 0 Å². The van der Waals surface area contributed by atoms with E-state index >= 15 is 0 Å². The maximum absolute atomic E-state index is 14.1. The molecule has 4 aromatic carbocycles. The molecule has 3 amide bonds. The van der Waals surface area contributed by atoms with Crippen LogP contribution in [0.15, 0.2) is 120 Å². The van der Waals surface area contributed by atoms with E-state index in [4.69, 9.17) is 0 Å². The summed E-state index contributed by atoms with van der Waals surface area (Å²) in [5.74, 6) is -1.27. The number of fused-ring (bicyclic) bond motifs is 2. The Hall–Kier alpha value is -5.38. The third-order valence-corrected chi connectivity index (χ3v) is 10.1. The lowest BCUT2D eigenvalue weighted by Crippen LogP contribution is -2.46. The van der Waals surface area contributed by atoms with E-state index in [2.05, 4.69) is 5.10 Å². The molecule has 2 N–H and O–H groups in total. The van der Waals surface area contributed by atoms with Crippen molar-refractivity contribution in [1.29, 1.82) is 0 Å². The SMILES string of the molecule is C[C@@H](/C=C/CC(=O)N1Cc2ccccc2C[C@H]1CO)[C@]1(O)C(=O)N(Cc2ccc(N3N=C(c4ccccc4)CCC3=O)cc2)c2ccccc21. The van der Waals surface area contributed by atoms with Gasteiger partial charge >= 0.3 is 0 Å². The van der Waals surface area contributed by atoms with Crippen LogP contribution in [0.25, 0.3) is 0 Å². The monoisotopic (exact) mass is 668 g/mol. The van der Waals surface area contributed by atoms with Crippen molar-refractivity contribution in [2.24, 2.45) is 11.0 Å². The number of hydrogen-bond donors (Lipinski definition) is 2. The maximum Gasteiger partial charge on any atom is 0.264 e. The largest absolute Gasteiger partial charge is 0.394 e. The van der Waals surface area contributed by atoms with Crippen molar-refractivity contribution in [3.05, 3.63) is 143 Å². The lowest BCUT2D eigenvalue weighted by molar-refractivity contribution is -0.139. The van der Waals surface area contributed by atoms with Gasteiger partial charge in [-0.3, -0.25) is 14.4 Å². The van der Waals surface area contributed by atoms with Gasteiger partial charge in [0.15, 0.2) is 5.60 Å². The Bertz CT molecular complexity index is 1970. The lowest BCUT2D eigenvalue weighted by atomic mass is 9.83. The van der Waals surface area contributed by atoms with Crippen LogP contribution in [-0.2, 0) is 39.5 Å². The second kappa shape index (κ2) is 13.9. The summed E-state index contributed by atoms with van der Waals surface area (Å²) in [5, 5.41) is 28.2. The van der Waals surface area contributed by atoms with Gasteiger partial charge in [-0.2, -0.15) is 5.10 Å². The zero-order valence-corrected chi connectivity index (χ0v) is 28.0. The third kappa shape index (κ3) is 6.14. The van der Waals surface area contributed by atoms with Crippen molar-refractivity contribution in [1.82, 2.24) is 4.90 Å². The van der Waals surface area contributed by atoms with Crippen LogP contribution in [0.4, 0.5) is 11.4 Å². The molecule has 9 heteroatoms. The number of benzene rings is 4. The summed E-state index contributed by atoms with van der Waals surface area (Å²) in [6.45, 7) is 2.31. The number of carbonyl (C=O) groups excluding carboxylic acids is 3. The third-order valence-electron chi connectivity index (χ3n) is 10.1. The lowest BCUT2D eigenvalue weighted by Gasteiger charge is -2.36. The first-order valence-electron chi connectivity index (χ1n) is 17.1. The van der Waals surface area contributed by atoms with E-state index in [0.717, 1.165) is 28.0 Å². The summed E-state index contributed by atoms with van der Waals surface area (Å²) < 4.78 is 0.